The summed E-state index contributed by atoms with van der Waals surface area (Å²) < 4.78 is 11.1. The van der Waals surface area contributed by atoms with Crippen LogP contribution in [0.15, 0.2) is 36.4 Å². The molecule has 2 aromatic rings. The second-order valence-electron chi connectivity index (χ2n) is 4.75. The zero-order valence-corrected chi connectivity index (χ0v) is 12.1. The molecular weight excluding hydrogens is 252 g/mol. The Morgan fingerprint density at radius 1 is 1.25 bits per heavy atom. The highest BCUT2D eigenvalue weighted by Gasteiger charge is 2.10. The highest BCUT2D eigenvalue weighted by atomic mass is 16.5. The Kier molecular flexibility index (Phi) is 4.58. The van der Waals surface area contributed by atoms with E-state index in [0.717, 1.165) is 28.5 Å². The summed E-state index contributed by atoms with van der Waals surface area (Å²) >= 11 is 0. The molecule has 4 heteroatoms. The molecule has 0 fully saturated rings. The molecule has 1 aromatic carbocycles. The fourth-order valence-corrected chi connectivity index (χ4v) is 1.97. The minimum absolute atomic E-state index is 0.0959. The predicted molar refractivity (Wildman–Crippen MR) is 78.9 cm³/mol. The number of ether oxygens (including phenoxy) is 2. The summed E-state index contributed by atoms with van der Waals surface area (Å²) in [7, 11) is 1.63. The van der Waals surface area contributed by atoms with Crippen LogP contribution in [0.5, 0.6) is 11.5 Å². The Morgan fingerprint density at radius 3 is 2.70 bits per heavy atom. The highest BCUT2D eigenvalue weighted by Crippen LogP contribution is 2.29. The molecule has 0 amide bonds. The smallest absolute Gasteiger partial charge is 0.130 e. The van der Waals surface area contributed by atoms with Crippen molar-refractivity contribution in [3.05, 3.63) is 53.3 Å². The van der Waals surface area contributed by atoms with Gasteiger partial charge in [-0.1, -0.05) is 12.1 Å². The lowest BCUT2D eigenvalue weighted by Crippen LogP contribution is -2.08. The molecule has 4 nitrogen and oxygen atoms in total. The summed E-state index contributed by atoms with van der Waals surface area (Å²) in [5.74, 6) is 1.49. The number of rotatable bonds is 5. The summed E-state index contributed by atoms with van der Waals surface area (Å²) in [5.41, 5.74) is 8.79. The maximum Gasteiger partial charge on any atom is 0.130 e. The van der Waals surface area contributed by atoms with Crippen LogP contribution in [0.4, 0.5) is 0 Å². The number of pyridine rings is 1. The van der Waals surface area contributed by atoms with Gasteiger partial charge in [0.2, 0.25) is 0 Å². The Bertz CT molecular complexity index is 582. The Hall–Kier alpha value is -2.07. The maximum absolute atomic E-state index is 5.96. The molecular formula is C16H20N2O2. The molecule has 0 saturated carbocycles. The van der Waals surface area contributed by atoms with Crippen LogP contribution >= 0.6 is 0 Å². The Balaban J connectivity index is 2.19. The quantitative estimate of drug-likeness (QED) is 0.909. The number of aromatic nitrogens is 1. The van der Waals surface area contributed by atoms with Crippen molar-refractivity contribution in [3.63, 3.8) is 0 Å². The first-order valence-electron chi connectivity index (χ1n) is 6.59. The molecule has 20 heavy (non-hydrogen) atoms. The van der Waals surface area contributed by atoms with Gasteiger partial charge in [-0.15, -0.1) is 0 Å². The van der Waals surface area contributed by atoms with E-state index in [1.54, 1.807) is 7.11 Å². The SMILES string of the molecule is COc1ccc(C(C)N)c(OCc2cccc(C)n2)c1. The Morgan fingerprint density at radius 2 is 2.05 bits per heavy atom. The van der Waals surface area contributed by atoms with E-state index in [4.69, 9.17) is 15.2 Å². The number of methoxy groups -OCH3 is 1. The van der Waals surface area contributed by atoms with Crippen LogP contribution in [0.1, 0.15) is 29.9 Å². The van der Waals surface area contributed by atoms with Gasteiger partial charge >= 0.3 is 0 Å². The van der Waals surface area contributed by atoms with E-state index in [9.17, 15) is 0 Å². The molecule has 0 spiro atoms. The van der Waals surface area contributed by atoms with E-state index in [1.165, 1.54) is 0 Å². The first kappa shape index (κ1) is 14.3. The zero-order chi connectivity index (χ0) is 14.5. The van der Waals surface area contributed by atoms with Gasteiger partial charge in [0.1, 0.15) is 18.1 Å². The summed E-state index contributed by atoms with van der Waals surface area (Å²) in [6.07, 6.45) is 0. The molecule has 0 aliphatic rings. The molecule has 1 aromatic heterocycles. The summed E-state index contributed by atoms with van der Waals surface area (Å²) in [6.45, 7) is 4.30. The number of hydrogen-bond donors (Lipinski definition) is 1. The highest BCUT2D eigenvalue weighted by molar-refractivity contribution is 5.42. The average Bonchev–Trinajstić information content (AvgIpc) is 2.44. The number of aryl methyl sites for hydroxylation is 1. The van der Waals surface area contributed by atoms with Crippen LogP contribution in [0.3, 0.4) is 0 Å². The lowest BCUT2D eigenvalue weighted by molar-refractivity contribution is 0.294. The monoisotopic (exact) mass is 272 g/mol. The predicted octanol–water partition coefficient (Wildman–Crippen LogP) is 3.00. The third-order valence-electron chi connectivity index (χ3n) is 3.03. The molecule has 1 unspecified atom stereocenters. The topological polar surface area (TPSA) is 57.4 Å². The van der Waals surface area contributed by atoms with Gasteiger partial charge in [-0.25, -0.2) is 0 Å². The van der Waals surface area contributed by atoms with Crippen LogP contribution in [0.25, 0.3) is 0 Å². The van der Waals surface area contributed by atoms with Gasteiger partial charge in [0.25, 0.3) is 0 Å². The zero-order valence-electron chi connectivity index (χ0n) is 12.1. The molecule has 0 radical (unpaired) electrons. The van der Waals surface area contributed by atoms with Gasteiger partial charge in [0, 0.05) is 23.4 Å². The maximum atomic E-state index is 5.96. The van der Waals surface area contributed by atoms with Gasteiger partial charge < -0.3 is 15.2 Å². The van der Waals surface area contributed by atoms with Gasteiger partial charge in [0.05, 0.1) is 12.8 Å². The molecule has 106 valence electrons. The normalized spacial score (nSPS) is 12.0. The van der Waals surface area contributed by atoms with Gasteiger partial charge in [-0.3, -0.25) is 4.98 Å². The van der Waals surface area contributed by atoms with Crippen LogP contribution in [0, 0.1) is 6.92 Å². The fourth-order valence-electron chi connectivity index (χ4n) is 1.97. The molecule has 0 aliphatic carbocycles. The first-order valence-corrected chi connectivity index (χ1v) is 6.59. The molecule has 1 heterocycles. The average molecular weight is 272 g/mol. The van der Waals surface area contributed by atoms with Gasteiger partial charge in [-0.05, 0) is 32.0 Å². The van der Waals surface area contributed by atoms with E-state index in [0.29, 0.717) is 6.61 Å². The van der Waals surface area contributed by atoms with Crippen LogP contribution in [-0.4, -0.2) is 12.1 Å². The second-order valence-corrected chi connectivity index (χ2v) is 4.75. The second kappa shape index (κ2) is 6.39. The largest absolute Gasteiger partial charge is 0.497 e. The molecule has 0 saturated heterocycles. The van der Waals surface area contributed by atoms with E-state index >= 15 is 0 Å². The summed E-state index contributed by atoms with van der Waals surface area (Å²) in [5, 5.41) is 0. The summed E-state index contributed by atoms with van der Waals surface area (Å²) in [6, 6.07) is 11.5. The standard InChI is InChI=1S/C16H20N2O2/c1-11-5-4-6-13(18-11)10-20-16-9-14(19-3)7-8-15(16)12(2)17/h4-9,12H,10,17H2,1-3H3. The minimum atomic E-state index is -0.0959. The van der Waals surface area contributed by atoms with Gasteiger partial charge in [-0.2, -0.15) is 0 Å². The van der Waals surface area contributed by atoms with Crippen molar-refractivity contribution in [1.82, 2.24) is 4.98 Å². The van der Waals surface area contributed by atoms with E-state index in [-0.39, 0.29) is 6.04 Å². The van der Waals surface area contributed by atoms with Crippen LogP contribution in [-0.2, 0) is 6.61 Å². The van der Waals surface area contributed by atoms with Crippen LogP contribution in [0.2, 0.25) is 0 Å². The van der Waals surface area contributed by atoms with Crippen molar-refractivity contribution in [3.8, 4) is 11.5 Å². The Labute approximate surface area is 119 Å². The minimum Gasteiger partial charge on any atom is -0.497 e. The molecule has 2 N–H and O–H groups in total. The van der Waals surface area contributed by atoms with Crippen molar-refractivity contribution >= 4 is 0 Å². The lowest BCUT2D eigenvalue weighted by atomic mass is 10.1. The third kappa shape index (κ3) is 3.48. The molecule has 1 atom stereocenters. The lowest BCUT2D eigenvalue weighted by Gasteiger charge is -2.15. The van der Waals surface area contributed by atoms with Crippen LogP contribution < -0.4 is 15.2 Å². The van der Waals surface area contributed by atoms with Crippen molar-refractivity contribution in [2.45, 2.75) is 26.5 Å². The van der Waals surface area contributed by atoms with E-state index in [2.05, 4.69) is 4.98 Å². The molecule has 0 aliphatic heterocycles. The molecule has 2 rings (SSSR count). The van der Waals surface area contributed by atoms with Crippen molar-refractivity contribution in [1.29, 1.82) is 0 Å². The van der Waals surface area contributed by atoms with Crippen molar-refractivity contribution < 1.29 is 9.47 Å². The number of nitrogens with zero attached hydrogens (tertiary/aromatic N) is 1. The molecule has 0 bridgehead atoms. The number of hydrogen-bond acceptors (Lipinski definition) is 4. The summed E-state index contributed by atoms with van der Waals surface area (Å²) in [4.78, 5) is 4.42. The van der Waals surface area contributed by atoms with Gasteiger partial charge in [0.15, 0.2) is 0 Å². The third-order valence-corrected chi connectivity index (χ3v) is 3.03. The van der Waals surface area contributed by atoms with E-state index in [1.807, 2.05) is 50.2 Å². The van der Waals surface area contributed by atoms with Crippen molar-refractivity contribution in [2.75, 3.05) is 7.11 Å². The van der Waals surface area contributed by atoms with E-state index < -0.39 is 0 Å². The number of benzene rings is 1. The number of nitrogens with two attached hydrogens (primary N) is 1. The first-order chi connectivity index (χ1) is 9.60. The van der Waals surface area contributed by atoms with Crippen molar-refractivity contribution in [2.24, 2.45) is 5.73 Å². The fraction of sp³-hybridized carbons (Fsp3) is 0.312.